The number of carbonyl (C=O) groups excluding carboxylic acids is 1. The van der Waals surface area contributed by atoms with Crippen molar-refractivity contribution in [3.63, 3.8) is 0 Å². The van der Waals surface area contributed by atoms with Crippen LogP contribution in [-0.4, -0.2) is 122 Å². The topological polar surface area (TPSA) is 176 Å². The van der Waals surface area contributed by atoms with Crippen LogP contribution in [0.4, 0.5) is 5.82 Å². The van der Waals surface area contributed by atoms with Crippen molar-refractivity contribution < 1.29 is 27.5 Å². The SMILES string of the molecule is CN1CCN(c2nc(SCC(=O)N3CCN(CCOc4no[n+]([O-])c4S(=O)(=O)c4ccccc4)CC3)nc(-c3ccccc3)c2C#N)CC1. The lowest BCUT2D eigenvalue weighted by Crippen LogP contribution is -2.50. The van der Waals surface area contributed by atoms with Crippen LogP contribution in [0.15, 0.2) is 80.4 Å². The van der Waals surface area contributed by atoms with Gasteiger partial charge in [0, 0.05) is 64.5 Å². The van der Waals surface area contributed by atoms with Crippen LogP contribution in [0.3, 0.4) is 0 Å². The van der Waals surface area contributed by atoms with Crippen LogP contribution in [0.25, 0.3) is 11.3 Å². The van der Waals surface area contributed by atoms with Gasteiger partial charge in [-0.3, -0.25) is 14.3 Å². The van der Waals surface area contributed by atoms with E-state index >= 15 is 0 Å². The van der Waals surface area contributed by atoms with E-state index in [0.29, 0.717) is 55.0 Å². The molecule has 0 radical (unpaired) electrons. The Labute approximate surface area is 288 Å². The number of aromatic nitrogens is 4. The van der Waals surface area contributed by atoms with Crippen molar-refractivity contribution in [2.45, 2.75) is 15.1 Å². The first-order valence-corrected chi connectivity index (χ1v) is 18.2. The summed E-state index contributed by atoms with van der Waals surface area (Å²) in [5, 5.41) is 25.5. The minimum Gasteiger partial charge on any atom is -0.453 e. The molecule has 2 aliphatic rings. The standard InChI is InChI=1S/C32H35N9O6S2/c1-37-12-16-40(17-13-37)29-26(22-33)28(24-8-4-2-5-9-24)34-32(35-29)48-23-27(42)39-18-14-38(15-19-39)20-21-46-30-31(41(43)47-36-30)49(44,45)25-10-6-3-7-11-25/h2-11H,12-21,23H2,1H3. The highest BCUT2D eigenvalue weighted by atomic mass is 32.2. The molecule has 256 valence electrons. The second-order valence-corrected chi connectivity index (χ2v) is 14.3. The molecule has 49 heavy (non-hydrogen) atoms. The van der Waals surface area contributed by atoms with E-state index in [2.05, 4.69) is 37.6 Å². The van der Waals surface area contributed by atoms with E-state index in [1.54, 1.807) is 23.1 Å². The Bertz CT molecular complexity index is 1910. The zero-order valence-corrected chi connectivity index (χ0v) is 28.5. The predicted molar refractivity (Wildman–Crippen MR) is 178 cm³/mol. The van der Waals surface area contributed by atoms with Crippen molar-refractivity contribution in [3.05, 3.63) is 71.4 Å². The fourth-order valence-corrected chi connectivity index (χ4v) is 7.64. The summed E-state index contributed by atoms with van der Waals surface area (Å²) >= 11 is 1.26. The van der Waals surface area contributed by atoms with Crippen molar-refractivity contribution >= 4 is 33.3 Å². The van der Waals surface area contributed by atoms with Crippen LogP contribution in [0.2, 0.25) is 0 Å². The van der Waals surface area contributed by atoms with E-state index in [0.717, 1.165) is 31.7 Å². The Morgan fingerprint density at radius 1 is 1.00 bits per heavy atom. The molecule has 17 heteroatoms. The fraction of sp³-hybridized carbons (Fsp3) is 0.375. The van der Waals surface area contributed by atoms with Gasteiger partial charge in [-0.05, 0) is 24.1 Å². The number of hydrogen-bond acceptors (Lipinski definition) is 14. The number of anilines is 1. The molecule has 2 aliphatic heterocycles. The van der Waals surface area contributed by atoms with Gasteiger partial charge in [0.1, 0.15) is 18.2 Å². The number of rotatable bonds is 11. The number of hydrogen-bond donors (Lipinski definition) is 0. The minimum absolute atomic E-state index is 0.0466. The zero-order valence-electron chi connectivity index (χ0n) is 26.8. The smallest absolute Gasteiger partial charge is 0.415 e. The predicted octanol–water partition coefficient (Wildman–Crippen LogP) is 1.54. The molecule has 4 aromatic rings. The number of nitrogens with zero attached hydrogens (tertiary/aromatic N) is 9. The third-order valence-electron chi connectivity index (χ3n) is 8.38. The quantitative estimate of drug-likeness (QED) is 0.125. The Balaban J connectivity index is 1.04. The van der Waals surface area contributed by atoms with Crippen LogP contribution in [-0.2, 0) is 14.6 Å². The summed E-state index contributed by atoms with van der Waals surface area (Å²) in [6, 6.07) is 19.4. The Kier molecular flexibility index (Phi) is 10.6. The van der Waals surface area contributed by atoms with Gasteiger partial charge in [0.05, 0.1) is 21.5 Å². The third kappa shape index (κ3) is 7.78. The van der Waals surface area contributed by atoms with Crippen molar-refractivity contribution in [3.8, 4) is 23.2 Å². The normalized spacial score (nSPS) is 16.0. The van der Waals surface area contributed by atoms with Gasteiger partial charge in [-0.25, -0.2) is 18.4 Å². The number of likely N-dealkylation sites (N-methyl/N-ethyl adjacent to an activating group) is 1. The molecule has 0 spiro atoms. The highest BCUT2D eigenvalue weighted by Gasteiger charge is 2.36. The molecule has 1 amide bonds. The highest BCUT2D eigenvalue weighted by Crippen LogP contribution is 2.31. The summed E-state index contributed by atoms with van der Waals surface area (Å²) in [6.45, 7) is 5.80. The molecule has 0 unspecified atom stereocenters. The largest absolute Gasteiger partial charge is 0.453 e. The van der Waals surface area contributed by atoms with E-state index in [1.165, 1.54) is 23.9 Å². The van der Waals surface area contributed by atoms with Gasteiger partial charge in [-0.1, -0.05) is 60.3 Å². The molecule has 0 bridgehead atoms. The molecule has 15 nitrogen and oxygen atoms in total. The molecule has 0 aliphatic carbocycles. The second-order valence-electron chi connectivity index (χ2n) is 11.5. The summed E-state index contributed by atoms with van der Waals surface area (Å²) in [7, 11) is -2.14. The number of amides is 1. The maximum atomic E-state index is 13.3. The monoisotopic (exact) mass is 705 g/mol. The number of ether oxygens (including phenoxy) is 1. The molecule has 0 atom stereocenters. The number of sulfone groups is 1. The van der Waals surface area contributed by atoms with Crippen LogP contribution in [0, 0.1) is 16.5 Å². The van der Waals surface area contributed by atoms with Gasteiger partial charge in [0.15, 0.2) is 11.0 Å². The first-order valence-electron chi connectivity index (χ1n) is 15.7. The fourth-order valence-electron chi connectivity index (χ4n) is 5.60. The molecular weight excluding hydrogens is 671 g/mol. The lowest BCUT2D eigenvalue weighted by Gasteiger charge is -2.34. The van der Waals surface area contributed by atoms with Crippen molar-refractivity contribution in [2.24, 2.45) is 0 Å². The van der Waals surface area contributed by atoms with Gasteiger partial charge in [-0.2, -0.15) is 5.26 Å². The molecular formula is C32H35N9O6S2. The molecule has 6 rings (SSSR count). The summed E-state index contributed by atoms with van der Waals surface area (Å²) < 4.78 is 36.1. The van der Waals surface area contributed by atoms with Gasteiger partial charge in [0.25, 0.3) is 9.84 Å². The average Bonchev–Trinajstić information content (AvgIpc) is 3.52. The molecule has 2 saturated heterocycles. The Morgan fingerprint density at radius 2 is 1.67 bits per heavy atom. The zero-order chi connectivity index (χ0) is 34.4. The number of benzene rings is 2. The number of carbonyl (C=O) groups is 1. The van der Waals surface area contributed by atoms with Crippen molar-refractivity contribution in [2.75, 3.05) is 83.2 Å². The van der Waals surface area contributed by atoms with Crippen molar-refractivity contribution in [1.29, 1.82) is 5.26 Å². The maximum Gasteiger partial charge on any atom is 0.415 e. The average molecular weight is 706 g/mol. The number of nitriles is 1. The van der Waals surface area contributed by atoms with Gasteiger partial charge < -0.3 is 24.6 Å². The number of piperazine rings is 2. The van der Waals surface area contributed by atoms with E-state index in [4.69, 9.17) is 14.7 Å². The van der Waals surface area contributed by atoms with E-state index in [1.807, 2.05) is 30.3 Å². The van der Waals surface area contributed by atoms with Crippen LogP contribution in [0.1, 0.15) is 5.56 Å². The molecule has 4 heterocycles. The molecule has 0 N–H and O–H groups in total. The minimum atomic E-state index is -4.20. The van der Waals surface area contributed by atoms with Crippen LogP contribution < -0.4 is 14.5 Å². The Morgan fingerprint density at radius 3 is 2.35 bits per heavy atom. The Hall–Kier alpha value is -4.76. The number of thioether (sulfide) groups is 1. The summed E-state index contributed by atoms with van der Waals surface area (Å²) in [5.74, 6) is 0.289. The lowest BCUT2D eigenvalue weighted by molar-refractivity contribution is -0.832. The van der Waals surface area contributed by atoms with Crippen LogP contribution >= 0.6 is 11.8 Å². The molecule has 2 aromatic carbocycles. The van der Waals surface area contributed by atoms with E-state index in [-0.39, 0.29) is 28.1 Å². The summed E-state index contributed by atoms with van der Waals surface area (Å²) in [4.78, 5) is 30.7. The molecule has 2 aromatic heterocycles. The van der Waals surface area contributed by atoms with Gasteiger partial charge in [0.2, 0.25) is 5.91 Å². The summed E-state index contributed by atoms with van der Waals surface area (Å²) in [5.41, 5.74) is 1.80. The third-order valence-corrected chi connectivity index (χ3v) is 10.9. The van der Waals surface area contributed by atoms with E-state index < -0.39 is 20.7 Å². The summed E-state index contributed by atoms with van der Waals surface area (Å²) in [6.07, 6.45) is 0. The van der Waals surface area contributed by atoms with Crippen LogP contribution in [0.5, 0.6) is 5.88 Å². The van der Waals surface area contributed by atoms with E-state index in [9.17, 15) is 23.7 Å². The van der Waals surface area contributed by atoms with Gasteiger partial charge >= 0.3 is 10.9 Å². The highest BCUT2D eigenvalue weighted by molar-refractivity contribution is 7.99. The second kappa shape index (κ2) is 15.2. The van der Waals surface area contributed by atoms with Gasteiger partial charge in [-0.15, -0.1) is 0 Å². The van der Waals surface area contributed by atoms with Crippen molar-refractivity contribution in [1.82, 2.24) is 29.8 Å². The molecule has 0 saturated carbocycles. The first kappa shape index (κ1) is 34.1. The first-order chi connectivity index (χ1) is 23.7. The maximum absolute atomic E-state index is 13.3. The lowest BCUT2D eigenvalue weighted by atomic mass is 10.1. The molecule has 2 fully saturated rings.